The predicted octanol–water partition coefficient (Wildman–Crippen LogP) is 3.68. The Morgan fingerprint density at radius 2 is 1.81 bits per heavy atom. The molecule has 1 amide bonds. The Morgan fingerprint density at radius 1 is 1.11 bits per heavy atom. The maximum absolute atomic E-state index is 12.5. The van der Waals surface area contributed by atoms with E-state index < -0.39 is 5.60 Å². The number of carbonyl (C=O) groups is 1. The van der Waals surface area contributed by atoms with Crippen molar-refractivity contribution >= 4 is 6.09 Å². The van der Waals surface area contributed by atoms with Crippen molar-refractivity contribution in [2.24, 2.45) is 0 Å². The van der Waals surface area contributed by atoms with Crippen LogP contribution in [0.1, 0.15) is 32.8 Å². The fourth-order valence-electron chi connectivity index (χ4n) is 2.45. The van der Waals surface area contributed by atoms with Gasteiger partial charge in [0, 0.05) is 26.3 Å². The number of pyridine rings is 1. The van der Waals surface area contributed by atoms with Gasteiger partial charge in [0.1, 0.15) is 12.2 Å². The number of hydrogen-bond acceptors (Lipinski definition) is 4. The van der Waals surface area contributed by atoms with Crippen LogP contribution in [0.15, 0.2) is 53.5 Å². The Balaban J connectivity index is 1.88. The number of carbonyl (C=O) groups excluding carboxylic acids is 1. The molecule has 2 aromatic rings. The smallest absolute Gasteiger partial charge is 0.410 e. The van der Waals surface area contributed by atoms with Crippen molar-refractivity contribution in [3.05, 3.63) is 64.6 Å². The molecule has 1 heterocycles. The standard InChI is InChI=1S/C21H28N2O4/c1-21(2,3)27-20(25)22(4)13-9-15-23-14-8-12-18(19(23)24)26-16-17-10-6-5-7-11-17/h5-8,10-12,14H,9,13,15-16H2,1-4H3. The van der Waals surface area contributed by atoms with Gasteiger partial charge in [-0.05, 0) is 44.9 Å². The zero-order valence-electron chi connectivity index (χ0n) is 16.5. The summed E-state index contributed by atoms with van der Waals surface area (Å²) in [6.07, 6.45) is 2.00. The Kier molecular flexibility index (Phi) is 7.05. The summed E-state index contributed by atoms with van der Waals surface area (Å²) in [5.41, 5.74) is 0.312. The fourth-order valence-corrected chi connectivity index (χ4v) is 2.45. The van der Waals surface area contributed by atoms with E-state index in [2.05, 4.69) is 0 Å². The van der Waals surface area contributed by atoms with Gasteiger partial charge >= 0.3 is 6.09 Å². The van der Waals surface area contributed by atoms with E-state index in [1.165, 1.54) is 4.90 Å². The van der Waals surface area contributed by atoms with Gasteiger partial charge in [-0.15, -0.1) is 0 Å². The second-order valence-corrected chi connectivity index (χ2v) is 7.40. The minimum atomic E-state index is -0.521. The number of rotatable bonds is 7. The van der Waals surface area contributed by atoms with Crippen LogP contribution in [0.4, 0.5) is 4.79 Å². The van der Waals surface area contributed by atoms with Gasteiger partial charge in [-0.25, -0.2) is 4.79 Å². The molecular formula is C21H28N2O4. The quantitative estimate of drug-likeness (QED) is 0.744. The number of aromatic nitrogens is 1. The molecule has 0 aliphatic heterocycles. The normalized spacial score (nSPS) is 11.1. The van der Waals surface area contributed by atoms with Crippen molar-refractivity contribution in [2.45, 2.75) is 45.9 Å². The zero-order valence-corrected chi connectivity index (χ0v) is 16.5. The van der Waals surface area contributed by atoms with Crippen molar-refractivity contribution in [3.8, 4) is 5.75 Å². The van der Waals surface area contributed by atoms with Crippen molar-refractivity contribution in [3.63, 3.8) is 0 Å². The number of aryl methyl sites for hydroxylation is 1. The van der Waals surface area contributed by atoms with Crippen molar-refractivity contribution < 1.29 is 14.3 Å². The highest BCUT2D eigenvalue weighted by molar-refractivity contribution is 5.67. The largest absolute Gasteiger partial charge is 0.483 e. The molecule has 0 bridgehead atoms. The molecule has 0 atom stereocenters. The monoisotopic (exact) mass is 372 g/mol. The fraction of sp³-hybridized carbons (Fsp3) is 0.429. The molecule has 0 N–H and O–H groups in total. The average Bonchev–Trinajstić information content (AvgIpc) is 2.61. The first-order valence-electron chi connectivity index (χ1n) is 9.06. The molecule has 146 valence electrons. The summed E-state index contributed by atoms with van der Waals surface area (Å²) in [6, 6.07) is 13.2. The van der Waals surface area contributed by atoms with E-state index in [-0.39, 0.29) is 11.7 Å². The van der Waals surface area contributed by atoms with Crippen LogP contribution in [-0.2, 0) is 17.9 Å². The molecule has 0 aliphatic carbocycles. The van der Waals surface area contributed by atoms with Crippen LogP contribution in [0.5, 0.6) is 5.75 Å². The van der Waals surface area contributed by atoms with Crippen molar-refractivity contribution in [1.82, 2.24) is 9.47 Å². The Morgan fingerprint density at radius 3 is 2.48 bits per heavy atom. The van der Waals surface area contributed by atoms with Gasteiger partial charge in [-0.3, -0.25) is 4.79 Å². The minimum Gasteiger partial charge on any atom is -0.483 e. The lowest BCUT2D eigenvalue weighted by molar-refractivity contribution is 0.0295. The number of amides is 1. The van der Waals surface area contributed by atoms with E-state index >= 15 is 0 Å². The van der Waals surface area contributed by atoms with Gasteiger partial charge in [-0.1, -0.05) is 30.3 Å². The number of benzene rings is 1. The maximum atomic E-state index is 12.5. The van der Waals surface area contributed by atoms with E-state index in [0.29, 0.717) is 31.9 Å². The van der Waals surface area contributed by atoms with E-state index in [0.717, 1.165) is 5.56 Å². The Hall–Kier alpha value is -2.76. The van der Waals surface area contributed by atoms with Crippen LogP contribution >= 0.6 is 0 Å². The topological polar surface area (TPSA) is 60.8 Å². The molecule has 27 heavy (non-hydrogen) atoms. The lowest BCUT2D eigenvalue weighted by Gasteiger charge is -2.24. The van der Waals surface area contributed by atoms with Gasteiger partial charge < -0.3 is 18.9 Å². The molecule has 0 radical (unpaired) electrons. The van der Waals surface area contributed by atoms with Gasteiger partial charge in [0.25, 0.3) is 5.56 Å². The zero-order chi connectivity index (χ0) is 19.9. The van der Waals surface area contributed by atoms with Gasteiger partial charge in [0.15, 0.2) is 5.75 Å². The van der Waals surface area contributed by atoms with Crippen LogP contribution in [0, 0.1) is 0 Å². The number of ether oxygens (including phenoxy) is 2. The second kappa shape index (κ2) is 9.26. The van der Waals surface area contributed by atoms with E-state index in [1.807, 2.05) is 51.1 Å². The molecule has 0 spiro atoms. The first-order valence-corrected chi connectivity index (χ1v) is 9.06. The lowest BCUT2D eigenvalue weighted by atomic mass is 10.2. The molecule has 1 aromatic heterocycles. The van der Waals surface area contributed by atoms with Gasteiger partial charge in [0.2, 0.25) is 0 Å². The summed E-state index contributed by atoms with van der Waals surface area (Å²) in [4.78, 5) is 26.0. The first-order chi connectivity index (χ1) is 12.8. The molecule has 6 heteroatoms. The molecule has 0 unspecified atom stereocenters. The average molecular weight is 372 g/mol. The molecular weight excluding hydrogens is 344 g/mol. The minimum absolute atomic E-state index is 0.173. The second-order valence-electron chi connectivity index (χ2n) is 7.40. The first kappa shape index (κ1) is 20.6. The summed E-state index contributed by atoms with van der Waals surface area (Å²) in [5.74, 6) is 0.321. The van der Waals surface area contributed by atoms with Crippen LogP contribution in [0.3, 0.4) is 0 Å². The van der Waals surface area contributed by atoms with E-state index in [1.54, 1.807) is 29.9 Å². The Bertz CT molecular complexity index is 794. The van der Waals surface area contributed by atoms with Crippen molar-refractivity contribution in [2.75, 3.05) is 13.6 Å². The van der Waals surface area contributed by atoms with Crippen LogP contribution in [-0.4, -0.2) is 34.8 Å². The summed E-state index contributed by atoms with van der Waals surface area (Å²) < 4.78 is 12.6. The number of nitrogens with zero attached hydrogens (tertiary/aromatic N) is 2. The molecule has 6 nitrogen and oxygen atoms in total. The SMILES string of the molecule is CN(CCCn1cccc(OCc2ccccc2)c1=O)C(=O)OC(C)(C)C. The predicted molar refractivity (Wildman–Crippen MR) is 105 cm³/mol. The molecule has 1 aromatic carbocycles. The van der Waals surface area contributed by atoms with Crippen molar-refractivity contribution in [1.29, 1.82) is 0 Å². The summed E-state index contributed by atoms with van der Waals surface area (Å²) in [6.45, 7) is 6.84. The van der Waals surface area contributed by atoms with E-state index in [4.69, 9.17) is 9.47 Å². The highest BCUT2D eigenvalue weighted by Crippen LogP contribution is 2.10. The Labute approximate surface area is 160 Å². The lowest BCUT2D eigenvalue weighted by Crippen LogP contribution is -2.35. The van der Waals surface area contributed by atoms with Crippen LogP contribution < -0.4 is 10.3 Å². The van der Waals surface area contributed by atoms with Gasteiger partial charge in [0.05, 0.1) is 0 Å². The third kappa shape index (κ3) is 6.81. The summed E-state index contributed by atoms with van der Waals surface area (Å²) in [7, 11) is 1.69. The highest BCUT2D eigenvalue weighted by Gasteiger charge is 2.19. The summed E-state index contributed by atoms with van der Waals surface area (Å²) >= 11 is 0. The van der Waals surface area contributed by atoms with Crippen LogP contribution in [0.2, 0.25) is 0 Å². The third-order valence-electron chi connectivity index (χ3n) is 3.82. The molecule has 2 rings (SSSR count). The number of hydrogen-bond donors (Lipinski definition) is 0. The molecule has 0 saturated heterocycles. The molecule has 0 saturated carbocycles. The third-order valence-corrected chi connectivity index (χ3v) is 3.82. The summed E-state index contributed by atoms with van der Waals surface area (Å²) in [5, 5.41) is 0. The molecule has 0 aliphatic rings. The molecule has 0 fully saturated rings. The van der Waals surface area contributed by atoms with Crippen LogP contribution in [0.25, 0.3) is 0 Å². The van der Waals surface area contributed by atoms with E-state index in [9.17, 15) is 9.59 Å². The highest BCUT2D eigenvalue weighted by atomic mass is 16.6. The van der Waals surface area contributed by atoms with Gasteiger partial charge in [-0.2, -0.15) is 0 Å². The maximum Gasteiger partial charge on any atom is 0.410 e.